The summed E-state index contributed by atoms with van der Waals surface area (Å²) in [6.45, 7) is 10.9. The molecule has 1 N–H and O–H groups in total. The monoisotopic (exact) mass is 515 g/mol. The van der Waals surface area contributed by atoms with Crippen molar-refractivity contribution in [2.75, 3.05) is 21.7 Å². The van der Waals surface area contributed by atoms with Crippen molar-refractivity contribution in [3.63, 3.8) is 0 Å². The van der Waals surface area contributed by atoms with Crippen LogP contribution >= 0.6 is 11.6 Å². The zero-order valence-corrected chi connectivity index (χ0v) is 22.8. The number of nitrogens with zero attached hydrogens (tertiary/aromatic N) is 2. The van der Waals surface area contributed by atoms with E-state index in [0.29, 0.717) is 30.8 Å². The number of rotatable bonds is 7. The van der Waals surface area contributed by atoms with E-state index in [-0.39, 0.29) is 18.0 Å². The molecule has 0 bridgehead atoms. The van der Waals surface area contributed by atoms with Gasteiger partial charge in [-0.25, -0.2) is 4.79 Å². The van der Waals surface area contributed by atoms with Crippen LogP contribution in [-0.4, -0.2) is 38.1 Å². The molecular formula is C26H34ClN3O4Si. The predicted octanol–water partition coefficient (Wildman–Crippen LogP) is 7.02. The van der Waals surface area contributed by atoms with Crippen LogP contribution in [0.2, 0.25) is 25.7 Å². The van der Waals surface area contributed by atoms with Crippen LogP contribution in [-0.2, 0) is 9.53 Å². The molecule has 1 aliphatic rings. The van der Waals surface area contributed by atoms with Gasteiger partial charge in [0.1, 0.15) is 0 Å². The lowest BCUT2D eigenvalue weighted by molar-refractivity contribution is -0.118. The number of hydrogen-bond donors (Lipinski definition) is 1. The summed E-state index contributed by atoms with van der Waals surface area (Å²) < 4.78 is 5.29. The Balaban J connectivity index is 1.80. The average Bonchev–Trinajstić information content (AvgIpc) is 2.79. The Kier molecular flexibility index (Phi) is 8.61. The van der Waals surface area contributed by atoms with Crippen LogP contribution in [0.1, 0.15) is 38.3 Å². The molecule has 2 aromatic carbocycles. The van der Waals surface area contributed by atoms with Gasteiger partial charge in [0.15, 0.2) is 0 Å². The van der Waals surface area contributed by atoms with Crippen LogP contribution in [0, 0.1) is 0 Å². The van der Waals surface area contributed by atoms with Gasteiger partial charge in [0.2, 0.25) is 5.91 Å². The summed E-state index contributed by atoms with van der Waals surface area (Å²) in [4.78, 5) is 40.7. The zero-order chi connectivity index (χ0) is 25.8. The van der Waals surface area contributed by atoms with E-state index in [1.807, 2.05) is 43.0 Å². The minimum Gasteiger partial charge on any atom is -0.450 e. The van der Waals surface area contributed by atoms with Gasteiger partial charge in [-0.15, -0.1) is 0 Å². The third-order valence-corrected chi connectivity index (χ3v) is 8.00. The summed E-state index contributed by atoms with van der Waals surface area (Å²) >= 11 is 6.09. The number of anilines is 3. The highest BCUT2D eigenvalue weighted by atomic mass is 35.5. The Labute approximate surface area is 213 Å². The molecule has 0 aliphatic carbocycles. The zero-order valence-electron chi connectivity index (χ0n) is 21.0. The van der Waals surface area contributed by atoms with Crippen molar-refractivity contribution < 1.29 is 19.1 Å². The number of fused-ring (bicyclic) bond motifs is 1. The average molecular weight is 516 g/mol. The van der Waals surface area contributed by atoms with E-state index in [1.54, 1.807) is 29.2 Å². The van der Waals surface area contributed by atoms with Crippen LogP contribution in [0.3, 0.4) is 0 Å². The Morgan fingerprint density at radius 3 is 2.37 bits per heavy atom. The molecule has 9 heteroatoms. The van der Waals surface area contributed by atoms with Crippen LogP contribution in [0.5, 0.6) is 0 Å². The molecule has 35 heavy (non-hydrogen) atoms. The number of ether oxygens (including phenoxy) is 1. The summed E-state index contributed by atoms with van der Waals surface area (Å²) in [7, 11) is -1.28. The predicted molar refractivity (Wildman–Crippen MR) is 144 cm³/mol. The fraction of sp³-hybridized carbons (Fsp3) is 0.423. The first kappa shape index (κ1) is 26.8. The second-order valence-electron chi connectivity index (χ2n) is 10.0. The van der Waals surface area contributed by atoms with Crippen LogP contribution in [0.15, 0.2) is 48.5 Å². The number of para-hydroxylation sites is 1. The molecule has 2 atom stereocenters. The van der Waals surface area contributed by atoms with Crippen molar-refractivity contribution >= 4 is 54.1 Å². The minimum absolute atomic E-state index is 0.0410. The van der Waals surface area contributed by atoms with Crippen molar-refractivity contribution in [3.05, 3.63) is 54.1 Å². The highest BCUT2D eigenvalue weighted by Gasteiger charge is 2.37. The lowest BCUT2D eigenvalue weighted by Gasteiger charge is -2.43. The van der Waals surface area contributed by atoms with Gasteiger partial charge in [-0.3, -0.25) is 19.8 Å². The van der Waals surface area contributed by atoms with E-state index in [0.717, 1.165) is 17.3 Å². The van der Waals surface area contributed by atoms with E-state index in [4.69, 9.17) is 16.3 Å². The van der Waals surface area contributed by atoms with E-state index in [1.165, 1.54) is 0 Å². The molecule has 188 valence electrons. The molecule has 7 nitrogen and oxygen atoms in total. The fourth-order valence-corrected chi connectivity index (χ4v) is 5.22. The van der Waals surface area contributed by atoms with Crippen molar-refractivity contribution in [1.29, 1.82) is 0 Å². The molecule has 0 fully saturated rings. The Bertz CT molecular complexity index is 1070. The number of nitrogens with one attached hydrogen (secondary N) is 1. The molecule has 3 rings (SSSR count). The first-order valence-corrected chi connectivity index (χ1v) is 16.0. The van der Waals surface area contributed by atoms with Crippen LogP contribution in [0.25, 0.3) is 0 Å². The maximum atomic E-state index is 12.6. The van der Waals surface area contributed by atoms with E-state index in [2.05, 4.69) is 25.0 Å². The van der Waals surface area contributed by atoms with Gasteiger partial charge < -0.3 is 9.64 Å². The van der Waals surface area contributed by atoms with E-state index < -0.39 is 19.5 Å². The molecule has 0 saturated carbocycles. The maximum absolute atomic E-state index is 12.6. The molecule has 0 unspecified atom stereocenters. The molecule has 1 aliphatic heterocycles. The summed E-state index contributed by atoms with van der Waals surface area (Å²) in [5.41, 5.74) is 2.83. The molecular weight excluding hydrogens is 482 g/mol. The van der Waals surface area contributed by atoms with Gasteiger partial charge in [-0.2, -0.15) is 0 Å². The molecule has 2 aromatic rings. The normalized spacial score (nSPS) is 17.4. The van der Waals surface area contributed by atoms with Gasteiger partial charge in [-0.05, 0) is 66.9 Å². The Morgan fingerprint density at radius 1 is 1.11 bits per heavy atom. The van der Waals surface area contributed by atoms with E-state index in [9.17, 15) is 14.4 Å². The molecule has 0 radical (unpaired) electrons. The summed E-state index contributed by atoms with van der Waals surface area (Å²) in [5.74, 6) is 0.0410. The number of halogens is 1. The highest BCUT2D eigenvalue weighted by molar-refractivity contribution is 6.76. The number of amides is 3. The SMILES string of the molecule is CCC(=O)N1c2ccccc2[C@H](N(C(=O)Cl)c2ccc(NC(=O)OCC[Si](C)(C)C)cc2)C[C@@H]1C. The van der Waals surface area contributed by atoms with Crippen molar-refractivity contribution in [3.8, 4) is 0 Å². The molecule has 0 saturated heterocycles. The number of hydrogen-bond acceptors (Lipinski definition) is 4. The smallest absolute Gasteiger partial charge is 0.411 e. The Morgan fingerprint density at radius 2 is 1.77 bits per heavy atom. The Hall–Kier alpha value is -2.84. The quantitative estimate of drug-likeness (QED) is 0.244. The number of carbonyl (C=O) groups excluding carboxylic acids is 3. The molecule has 0 spiro atoms. The highest BCUT2D eigenvalue weighted by Crippen LogP contribution is 2.43. The summed E-state index contributed by atoms with van der Waals surface area (Å²) in [6.07, 6.45) is 0.443. The molecule has 3 amide bonds. The summed E-state index contributed by atoms with van der Waals surface area (Å²) in [5, 5.41) is 2.11. The van der Waals surface area contributed by atoms with Gasteiger partial charge >= 0.3 is 11.5 Å². The molecule has 1 heterocycles. The fourth-order valence-electron chi connectivity index (χ4n) is 4.29. The first-order valence-electron chi connectivity index (χ1n) is 12.0. The van der Waals surface area contributed by atoms with Crippen molar-refractivity contribution in [2.24, 2.45) is 0 Å². The van der Waals surface area contributed by atoms with E-state index >= 15 is 0 Å². The van der Waals surface area contributed by atoms with Crippen molar-refractivity contribution in [2.45, 2.75) is 64.5 Å². The number of carbonyl (C=O) groups is 3. The maximum Gasteiger partial charge on any atom is 0.411 e. The summed E-state index contributed by atoms with van der Waals surface area (Å²) in [6, 6.07) is 15.0. The van der Waals surface area contributed by atoms with Crippen LogP contribution < -0.4 is 15.1 Å². The third-order valence-electron chi connectivity index (χ3n) is 6.11. The second kappa shape index (κ2) is 11.3. The van der Waals surface area contributed by atoms with Gasteiger partial charge in [0.05, 0.1) is 12.6 Å². The molecule has 0 aromatic heterocycles. The second-order valence-corrected chi connectivity index (χ2v) is 16.0. The standard InChI is InChI=1S/C26H34ClN3O4Si/c1-6-24(31)29-18(2)17-23(21-9-7-8-10-22(21)29)30(25(27)32)20-13-11-19(12-14-20)28-26(33)34-15-16-35(3,4)5/h7-14,18,23H,6,15-17H2,1-5H3,(H,28,33)/t18-,23+/m0/s1. The number of benzene rings is 2. The van der Waals surface area contributed by atoms with Gasteiger partial charge in [0, 0.05) is 37.6 Å². The minimum atomic E-state index is -1.28. The topological polar surface area (TPSA) is 79.0 Å². The largest absolute Gasteiger partial charge is 0.450 e. The first-order chi connectivity index (χ1) is 16.5. The third kappa shape index (κ3) is 6.64. The lowest BCUT2D eigenvalue weighted by Crippen LogP contribution is -2.46. The van der Waals surface area contributed by atoms with Gasteiger partial charge in [0.25, 0.3) is 0 Å². The van der Waals surface area contributed by atoms with Gasteiger partial charge in [-0.1, -0.05) is 44.8 Å². The van der Waals surface area contributed by atoms with Crippen LogP contribution in [0.4, 0.5) is 26.7 Å². The van der Waals surface area contributed by atoms with Crippen molar-refractivity contribution in [1.82, 2.24) is 0 Å². The lowest BCUT2D eigenvalue weighted by atomic mass is 9.90.